The fourth-order valence-corrected chi connectivity index (χ4v) is 5.43. The minimum absolute atomic E-state index is 0.0179. The lowest BCUT2D eigenvalue weighted by Crippen LogP contribution is -2.43. The van der Waals surface area contributed by atoms with Gasteiger partial charge in [-0.15, -0.1) is 0 Å². The molecule has 1 amide bonds. The van der Waals surface area contributed by atoms with Crippen molar-refractivity contribution in [2.45, 2.75) is 32.7 Å². The quantitative estimate of drug-likeness (QED) is 0.196. The molecule has 0 fully saturated rings. The Bertz CT molecular complexity index is 2030. The van der Waals surface area contributed by atoms with Gasteiger partial charge in [0.05, 0.1) is 12.0 Å². The second-order valence-electron chi connectivity index (χ2n) is 10.1. The first-order valence-corrected chi connectivity index (χ1v) is 13.1. The normalized spacial score (nSPS) is 12.2. The Labute approximate surface area is 233 Å². The minimum Gasteiger partial charge on any atom is -0.508 e. The Hall–Kier alpha value is -5.31. The Balaban J connectivity index is 1.31. The smallest absolute Gasteiger partial charge is 0.340 e. The number of aromatic amines is 1. The Morgan fingerprint density at radius 2 is 1.71 bits per heavy atom. The second kappa shape index (κ2) is 10.0. The third-order valence-electron chi connectivity index (χ3n) is 7.48. The predicted molar refractivity (Wildman–Crippen MR) is 154 cm³/mol. The molecule has 6 aromatic rings. The first-order chi connectivity index (χ1) is 19.7. The number of aryl methyl sites for hydroxylation is 2. The Morgan fingerprint density at radius 3 is 2.46 bits per heavy atom. The van der Waals surface area contributed by atoms with Crippen LogP contribution in [0.1, 0.15) is 22.5 Å². The number of fused-ring (bicyclic) bond motifs is 3. The number of amides is 1. The zero-order valence-corrected chi connectivity index (χ0v) is 22.3. The maximum Gasteiger partial charge on any atom is 0.340 e. The lowest BCUT2D eigenvalue weighted by atomic mass is 9.98. The number of aliphatic carboxylic acids is 1. The SMILES string of the molecule is Cc1oc2cc3oc(=O)c(CC(=O)NC(Cc4c[nH]c5ccc(O)cc45)C(=O)O)c(C)c3cc2c1-c1ccccc1. The summed E-state index contributed by atoms with van der Waals surface area (Å²) in [5, 5.41) is 24.4. The van der Waals surface area contributed by atoms with E-state index in [9.17, 15) is 24.6 Å². The molecule has 41 heavy (non-hydrogen) atoms. The molecule has 9 heteroatoms. The minimum atomic E-state index is -1.25. The number of rotatable bonds is 7. The third kappa shape index (κ3) is 4.71. The fourth-order valence-electron chi connectivity index (χ4n) is 5.43. The number of furan rings is 1. The van der Waals surface area contributed by atoms with Crippen molar-refractivity contribution in [1.29, 1.82) is 0 Å². The van der Waals surface area contributed by atoms with Crippen molar-refractivity contribution in [2.75, 3.05) is 0 Å². The highest BCUT2D eigenvalue weighted by atomic mass is 16.4. The van der Waals surface area contributed by atoms with Gasteiger partial charge in [0, 0.05) is 45.9 Å². The molecule has 0 aliphatic rings. The molecule has 3 aromatic carbocycles. The Morgan fingerprint density at radius 1 is 0.951 bits per heavy atom. The molecule has 0 saturated heterocycles. The molecule has 0 saturated carbocycles. The van der Waals surface area contributed by atoms with E-state index in [0.29, 0.717) is 33.1 Å². The number of phenols is 1. The van der Waals surface area contributed by atoms with E-state index in [1.54, 1.807) is 25.3 Å². The summed E-state index contributed by atoms with van der Waals surface area (Å²) < 4.78 is 11.6. The molecule has 6 rings (SSSR count). The van der Waals surface area contributed by atoms with Gasteiger partial charge in [-0.25, -0.2) is 9.59 Å². The molecule has 0 aliphatic carbocycles. The van der Waals surface area contributed by atoms with Crippen molar-refractivity contribution >= 4 is 44.7 Å². The number of benzene rings is 3. The third-order valence-corrected chi connectivity index (χ3v) is 7.48. The predicted octanol–water partition coefficient (Wildman–Crippen LogP) is 5.36. The zero-order valence-electron chi connectivity index (χ0n) is 22.3. The number of carbonyl (C=O) groups is 2. The topological polar surface area (TPSA) is 146 Å². The fraction of sp³-hybridized carbons (Fsp3) is 0.156. The number of aromatic hydroxyl groups is 1. The molecule has 1 atom stereocenters. The lowest BCUT2D eigenvalue weighted by Gasteiger charge is -2.15. The molecule has 0 bridgehead atoms. The van der Waals surface area contributed by atoms with Crippen molar-refractivity contribution in [3.63, 3.8) is 0 Å². The average molecular weight is 551 g/mol. The number of carbonyl (C=O) groups excluding carboxylic acids is 1. The molecule has 0 radical (unpaired) electrons. The maximum absolute atomic E-state index is 13.1. The van der Waals surface area contributed by atoms with E-state index >= 15 is 0 Å². The summed E-state index contributed by atoms with van der Waals surface area (Å²) >= 11 is 0. The zero-order chi connectivity index (χ0) is 28.8. The summed E-state index contributed by atoms with van der Waals surface area (Å²) in [4.78, 5) is 41.1. The number of nitrogens with one attached hydrogen (secondary N) is 2. The first kappa shape index (κ1) is 25.9. The van der Waals surface area contributed by atoms with Gasteiger partial charge in [-0.05, 0) is 54.8 Å². The monoisotopic (exact) mass is 550 g/mol. The van der Waals surface area contributed by atoms with E-state index in [1.807, 2.05) is 43.3 Å². The van der Waals surface area contributed by atoms with Crippen LogP contribution < -0.4 is 10.9 Å². The molecule has 4 N–H and O–H groups in total. The summed E-state index contributed by atoms with van der Waals surface area (Å²) in [5.41, 5.74) is 4.25. The molecule has 3 heterocycles. The van der Waals surface area contributed by atoms with Gasteiger partial charge in [-0.1, -0.05) is 30.3 Å². The average Bonchev–Trinajstić information content (AvgIpc) is 3.48. The van der Waals surface area contributed by atoms with Gasteiger partial charge in [0.15, 0.2) is 0 Å². The molecule has 3 aromatic heterocycles. The highest BCUT2D eigenvalue weighted by molar-refractivity contribution is 6.03. The van der Waals surface area contributed by atoms with Crippen LogP contribution in [0.4, 0.5) is 0 Å². The van der Waals surface area contributed by atoms with Crippen LogP contribution in [-0.4, -0.2) is 33.1 Å². The van der Waals surface area contributed by atoms with Crippen LogP contribution in [0.2, 0.25) is 0 Å². The van der Waals surface area contributed by atoms with E-state index in [2.05, 4.69) is 10.3 Å². The van der Waals surface area contributed by atoms with E-state index in [1.165, 1.54) is 12.1 Å². The van der Waals surface area contributed by atoms with Crippen LogP contribution in [0, 0.1) is 13.8 Å². The van der Waals surface area contributed by atoms with Gasteiger partial charge in [-0.3, -0.25) is 4.79 Å². The van der Waals surface area contributed by atoms with Gasteiger partial charge < -0.3 is 29.3 Å². The summed E-state index contributed by atoms with van der Waals surface area (Å²) in [5.74, 6) is -1.07. The molecule has 0 aliphatic heterocycles. The van der Waals surface area contributed by atoms with Gasteiger partial charge in [-0.2, -0.15) is 0 Å². The second-order valence-corrected chi connectivity index (χ2v) is 10.1. The molecule has 0 spiro atoms. The summed E-state index contributed by atoms with van der Waals surface area (Å²) in [6, 6.07) is 16.9. The van der Waals surface area contributed by atoms with Crippen LogP contribution in [0.5, 0.6) is 5.75 Å². The van der Waals surface area contributed by atoms with E-state index in [4.69, 9.17) is 8.83 Å². The van der Waals surface area contributed by atoms with Crippen LogP contribution in [-0.2, 0) is 22.4 Å². The van der Waals surface area contributed by atoms with Crippen LogP contribution in [0.25, 0.3) is 44.0 Å². The molecule has 9 nitrogen and oxygen atoms in total. The number of H-pyrrole nitrogens is 1. The van der Waals surface area contributed by atoms with E-state index in [-0.39, 0.29) is 24.2 Å². The van der Waals surface area contributed by atoms with E-state index < -0.39 is 23.5 Å². The summed E-state index contributed by atoms with van der Waals surface area (Å²) in [6.45, 7) is 3.62. The number of phenolic OH excluding ortho intramolecular Hbond substituents is 1. The van der Waals surface area contributed by atoms with Crippen molar-refractivity contribution in [3.05, 3.63) is 99.7 Å². The number of hydrogen-bond donors (Lipinski definition) is 4. The highest BCUT2D eigenvalue weighted by Gasteiger charge is 2.24. The largest absolute Gasteiger partial charge is 0.508 e. The standard InChI is InChI=1S/C32H26N2O7/c1-16-21-12-24-28(40-17(2)30(24)18-6-4-3-5-7-18)14-27(21)41-32(39)22(16)13-29(36)34-26(31(37)38)10-19-15-33-25-9-8-20(35)11-23(19)25/h3-9,11-12,14-15,26,33,35H,10,13H2,1-2H3,(H,34,36)(H,37,38). The maximum atomic E-state index is 13.1. The number of carboxylic acids is 1. The van der Waals surface area contributed by atoms with Crippen LogP contribution in [0.3, 0.4) is 0 Å². The molecular weight excluding hydrogens is 524 g/mol. The van der Waals surface area contributed by atoms with Crippen molar-refractivity contribution in [2.24, 2.45) is 0 Å². The number of hydrogen-bond acceptors (Lipinski definition) is 6. The van der Waals surface area contributed by atoms with Crippen LogP contribution >= 0.6 is 0 Å². The van der Waals surface area contributed by atoms with Crippen molar-refractivity contribution < 1.29 is 28.6 Å². The summed E-state index contributed by atoms with van der Waals surface area (Å²) in [7, 11) is 0. The van der Waals surface area contributed by atoms with Crippen molar-refractivity contribution in [3.8, 4) is 16.9 Å². The number of carboxylic acid groups (broad SMARTS) is 1. The van der Waals surface area contributed by atoms with Crippen LogP contribution in [0.15, 0.2) is 80.5 Å². The lowest BCUT2D eigenvalue weighted by molar-refractivity contribution is -0.141. The molecule has 1 unspecified atom stereocenters. The summed E-state index contributed by atoms with van der Waals surface area (Å²) in [6.07, 6.45) is 1.28. The van der Waals surface area contributed by atoms with Gasteiger partial charge >= 0.3 is 11.6 Å². The molecule has 206 valence electrons. The molecular formula is C32H26N2O7. The highest BCUT2D eigenvalue weighted by Crippen LogP contribution is 2.37. The van der Waals surface area contributed by atoms with E-state index in [0.717, 1.165) is 27.8 Å². The number of aromatic nitrogens is 1. The first-order valence-electron chi connectivity index (χ1n) is 13.1. The van der Waals surface area contributed by atoms with Crippen molar-refractivity contribution in [1.82, 2.24) is 10.3 Å². The van der Waals surface area contributed by atoms with Gasteiger partial charge in [0.1, 0.15) is 28.7 Å². The van der Waals surface area contributed by atoms with Gasteiger partial charge in [0.25, 0.3) is 0 Å². The Kier molecular flexibility index (Phi) is 6.34. The van der Waals surface area contributed by atoms with Gasteiger partial charge in [0.2, 0.25) is 5.91 Å².